The van der Waals surface area contributed by atoms with E-state index in [1.54, 1.807) is 32.2 Å². The zero-order chi connectivity index (χ0) is 21.3. The molecule has 0 aliphatic carbocycles. The van der Waals surface area contributed by atoms with Crippen molar-refractivity contribution in [3.8, 4) is 5.75 Å². The van der Waals surface area contributed by atoms with Crippen LogP contribution in [0.3, 0.4) is 0 Å². The number of ether oxygens (including phenoxy) is 1. The van der Waals surface area contributed by atoms with E-state index in [-0.39, 0.29) is 5.92 Å². The Hall–Kier alpha value is -3.01. The standard InChI is InChI=1S/C19H23N5O4S/c1-10(2)15-22-23-17(29-15)20-14(25)9-24-16(26)19(4,21-18(24)27)12-6-7-13(28-5)11(3)8-12/h6-8,10H,9H2,1-5H3,(H,21,27)(H,20,23,25). The van der Waals surface area contributed by atoms with Gasteiger partial charge in [-0.1, -0.05) is 31.3 Å². The van der Waals surface area contributed by atoms with Gasteiger partial charge in [0.15, 0.2) is 0 Å². The highest BCUT2D eigenvalue weighted by atomic mass is 32.1. The van der Waals surface area contributed by atoms with Gasteiger partial charge in [0.25, 0.3) is 5.91 Å². The number of carbonyl (C=O) groups excluding carboxylic acids is 3. The SMILES string of the molecule is COc1ccc(C2(C)NC(=O)N(CC(=O)Nc3nnc(C(C)C)s3)C2=O)cc1C. The fraction of sp³-hybridized carbons (Fsp3) is 0.421. The molecular weight excluding hydrogens is 394 g/mol. The van der Waals surface area contributed by atoms with Crippen LogP contribution in [0, 0.1) is 6.92 Å². The second-order valence-electron chi connectivity index (χ2n) is 7.28. The number of nitrogens with zero attached hydrogens (tertiary/aromatic N) is 3. The third kappa shape index (κ3) is 3.93. The number of nitrogens with one attached hydrogen (secondary N) is 2. The molecule has 154 valence electrons. The van der Waals surface area contributed by atoms with Crippen LogP contribution >= 0.6 is 11.3 Å². The van der Waals surface area contributed by atoms with E-state index in [2.05, 4.69) is 20.8 Å². The van der Waals surface area contributed by atoms with Crippen molar-refractivity contribution >= 4 is 34.3 Å². The van der Waals surface area contributed by atoms with E-state index in [9.17, 15) is 14.4 Å². The number of hydrogen-bond acceptors (Lipinski definition) is 7. The number of anilines is 1. The van der Waals surface area contributed by atoms with Gasteiger partial charge in [0.1, 0.15) is 22.8 Å². The molecule has 1 saturated heterocycles. The van der Waals surface area contributed by atoms with Crippen LogP contribution < -0.4 is 15.4 Å². The van der Waals surface area contributed by atoms with E-state index in [1.165, 1.54) is 11.3 Å². The summed E-state index contributed by atoms with van der Waals surface area (Å²) in [6.45, 7) is 7.01. The molecule has 2 N–H and O–H groups in total. The van der Waals surface area contributed by atoms with Crippen molar-refractivity contribution in [2.45, 2.75) is 39.2 Å². The highest BCUT2D eigenvalue weighted by Gasteiger charge is 2.49. The molecule has 1 fully saturated rings. The first kappa shape index (κ1) is 20.7. The van der Waals surface area contributed by atoms with Gasteiger partial charge in [-0.05, 0) is 37.1 Å². The monoisotopic (exact) mass is 417 g/mol. The summed E-state index contributed by atoms with van der Waals surface area (Å²) in [5.74, 6) is -0.140. The van der Waals surface area contributed by atoms with Crippen molar-refractivity contribution in [1.29, 1.82) is 0 Å². The lowest BCUT2D eigenvalue weighted by molar-refractivity contribution is -0.133. The minimum atomic E-state index is -1.26. The maximum Gasteiger partial charge on any atom is 0.325 e. The number of rotatable bonds is 6. The molecule has 2 aromatic rings. The van der Waals surface area contributed by atoms with E-state index in [1.807, 2.05) is 20.8 Å². The summed E-state index contributed by atoms with van der Waals surface area (Å²) < 4.78 is 5.24. The lowest BCUT2D eigenvalue weighted by atomic mass is 9.90. The Morgan fingerprint density at radius 3 is 2.66 bits per heavy atom. The molecule has 1 aliphatic rings. The zero-order valence-electron chi connectivity index (χ0n) is 16.9. The zero-order valence-corrected chi connectivity index (χ0v) is 17.7. The Labute approximate surface area is 172 Å². The molecule has 0 radical (unpaired) electrons. The Kier molecular flexibility index (Phi) is 5.56. The van der Waals surface area contributed by atoms with Crippen LogP contribution in [0.1, 0.15) is 42.8 Å². The summed E-state index contributed by atoms with van der Waals surface area (Å²) in [5, 5.41) is 14.3. The topological polar surface area (TPSA) is 114 Å². The van der Waals surface area contributed by atoms with E-state index >= 15 is 0 Å². The fourth-order valence-electron chi connectivity index (χ4n) is 3.05. The molecule has 1 atom stereocenters. The van der Waals surface area contributed by atoms with Gasteiger partial charge >= 0.3 is 6.03 Å². The molecule has 4 amide bonds. The number of imide groups is 1. The predicted molar refractivity (Wildman–Crippen MR) is 108 cm³/mol. The van der Waals surface area contributed by atoms with Gasteiger partial charge < -0.3 is 10.1 Å². The average molecular weight is 417 g/mol. The predicted octanol–water partition coefficient (Wildman–Crippen LogP) is 2.38. The second-order valence-corrected chi connectivity index (χ2v) is 8.29. The van der Waals surface area contributed by atoms with Crippen LogP contribution in [0.5, 0.6) is 5.75 Å². The molecular formula is C19H23N5O4S. The molecule has 1 aromatic heterocycles. The maximum atomic E-state index is 13.0. The normalized spacial score (nSPS) is 18.9. The molecule has 1 aliphatic heterocycles. The summed E-state index contributed by atoms with van der Waals surface area (Å²) >= 11 is 1.26. The number of carbonyl (C=O) groups is 3. The lowest BCUT2D eigenvalue weighted by Gasteiger charge is -2.23. The molecule has 3 rings (SSSR count). The Balaban J connectivity index is 1.74. The maximum absolute atomic E-state index is 13.0. The number of aryl methyl sites for hydroxylation is 1. The second kappa shape index (κ2) is 7.78. The summed E-state index contributed by atoms with van der Waals surface area (Å²) in [5.41, 5.74) is 0.187. The summed E-state index contributed by atoms with van der Waals surface area (Å²) in [6.07, 6.45) is 0. The van der Waals surface area contributed by atoms with Gasteiger partial charge in [-0.3, -0.25) is 19.8 Å². The molecule has 9 nitrogen and oxygen atoms in total. The first-order chi connectivity index (χ1) is 13.7. The molecule has 2 heterocycles. The lowest BCUT2D eigenvalue weighted by Crippen LogP contribution is -2.42. The molecule has 1 aromatic carbocycles. The third-order valence-corrected chi connectivity index (χ3v) is 5.87. The van der Waals surface area contributed by atoms with Crippen LogP contribution in [0.2, 0.25) is 0 Å². The van der Waals surface area contributed by atoms with Crippen LogP contribution in [0.15, 0.2) is 18.2 Å². The van der Waals surface area contributed by atoms with Gasteiger partial charge in [0, 0.05) is 5.92 Å². The number of benzene rings is 1. The van der Waals surface area contributed by atoms with Crippen molar-refractivity contribution in [1.82, 2.24) is 20.4 Å². The van der Waals surface area contributed by atoms with Crippen LogP contribution in [0.25, 0.3) is 0 Å². The van der Waals surface area contributed by atoms with Crippen LogP contribution in [-0.2, 0) is 15.1 Å². The van der Waals surface area contributed by atoms with Crippen molar-refractivity contribution in [3.05, 3.63) is 34.3 Å². The molecule has 10 heteroatoms. The van der Waals surface area contributed by atoms with E-state index < -0.39 is 29.9 Å². The first-order valence-electron chi connectivity index (χ1n) is 9.08. The number of urea groups is 1. The Bertz CT molecular complexity index is 973. The van der Waals surface area contributed by atoms with Gasteiger partial charge in [-0.15, -0.1) is 10.2 Å². The molecule has 0 bridgehead atoms. The largest absolute Gasteiger partial charge is 0.496 e. The number of amides is 4. The Morgan fingerprint density at radius 2 is 2.07 bits per heavy atom. The van der Waals surface area contributed by atoms with E-state index in [0.717, 1.165) is 15.5 Å². The summed E-state index contributed by atoms with van der Waals surface area (Å²) in [6, 6.07) is 4.63. The van der Waals surface area contributed by atoms with Crippen LogP contribution in [0.4, 0.5) is 9.93 Å². The number of aromatic nitrogens is 2. The smallest absolute Gasteiger partial charge is 0.325 e. The Morgan fingerprint density at radius 1 is 1.34 bits per heavy atom. The highest BCUT2D eigenvalue weighted by molar-refractivity contribution is 7.15. The quantitative estimate of drug-likeness (QED) is 0.698. The van der Waals surface area contributed by atoms with Gasteiger partial charge in [0.2, 0.25) is 11.0 Å². The molecule has 0 saturated carbocycles. The van der Waals surface area contributed by atoms with E-state index in [0.29, 0.717) is 16.4 Å². The number of methoxy groups -OCH3 is 1. The summed E-state index contributed by atoms with van der Waals surface area (Å²) in [7, 11) is 1.56. The highest BCUT2D eigenvalue weighted by Crippen LogP contribution is 2.31. The fourth-order valence-corrected chi connectivity index (χ4v) is 3.81. The van der Waals surface area contributed by atoms with Crippen molar-refractivity contribution in [2.75, 3.05) is 19.0 Å². The van der Waals surface area contributed by atoms with Crippen molar-refractivity contribution in [2.24, 2.45) is 0 Å². The van der Waals surface area contributed by atoms with Crippen LogP contribution in [-0.4, -0.2) is 46.6 Å². The van der Waals surface area contributed by atoms with Gasteiger partial charge in [-0.25, -0.2) is 4.79 Å². The van der Waals surface area contributed by atoms with Crippen molar-refractivity contribution in [3.63, 3.8) is 0 Å². The third-order valence-electron chi connectivity index (χ3n) is 4.73. The molecule has 1 unspecified atom stereocenters. The minimum Gasteiger partial charge on any atom is -0.496 e. The van der Waals surface area contributed by atoms with E-state index in [4.69, 9.17) is 4.74 Å². The number of hydrogen-bond donors (Lipinski definition) is 2. The first-order valence-corrected chi connectivity index (χ1v) is 9.90. The average Bonchev–Trinajstić information content (AvgIpc) is 3.21. The van der Waals surface area contributed by atoms with Crippen molar-refractivity contribution < 1.29 is 19.1 Å². The minimum absolute atomic E-state index is 0.192. The summed E-state index contributed by atoms with van der Waals surface area (Å²) in [4.78, 5) is 38.7. The molecule has 29 heavy (non-hydrogen) atoms. The molecule has 0 spiro atoms. The van der Waals surface area contributed by atoms with Gasteiger partial charge in [0.05, 0.1) is 7.11 Å². The van der Waals surface area contributed by atoms with Gasteiger partial charge in [-0.2, -0.15) is 0 Å².